The van der Waals surface area contributed by atoms with Crippen molar-refractivity contribution in [3.05, 3.63) is 46.4 Å². The van der Waals surface area contributed by atoms with Crippen LogP contribution >= 0.6 is 22.9 Å². The minimum atomic E-state index is -3.97. The van der Waals surface area contributed by atoms with Gasteiger partial charge in [0.25, 0.3) is 5.91 Å². The van der Waals surface area contributed by atoms with Gasteiger partial charge in [0.1, 0.15) is 38.8 Å². The van der Waals surface area contributed by atoms with Gasteiger partial charge in [-0.3, -0.25) is 14.3 Å². The summed E-state index contributed by atoms with van der Waals surface area (Å²) in [5.74, 6) is -0.244. The quantitative estimate of drug-likeness (QED) is 0.177. The first-order chi connectivity index (χ1) is 26.3. The van der Waals surface area contributed by atoms with Gasteiger partial charge in [0, 0.05) is 42.8 Å². The first-order valence-electron chi connectivity index (χ1n) is 19.1. The molecule has 2 unspecified atom stereocenters. The molecule has 3 saturated carbocycles. The molecule has 3 heterocycles. The Morgan fingerprint density at radius 1 is 1.16 bits per heavy atom. The predicted octanol–water partition coefficient (Wildman–Crippen LogP) is 6.32. The average Bonchev–Trinajstić information content (AvgIpc) is 4.11. The molecular formula is C39H49ClN6O7S2. The van der Waals surface area contributed by atoms with Gasteiger partial charge < -0.3 is 25.0 Å². The van der Waals surface area contributed by atoms with E-state index in [0.29, 0.717) is 69.9 Å². The molecule has 3 atom stereocenters. The maximum atomic E-state index is 14.2. The molecule has 1 aromatic carbocycles. The first-order valence-corrected chi connectivity index (χ1v) is 21.8. The molecule has 55 heavy (non-hydrogen) atoms. The fourth-order valence-corrected chi connectivity index (χ4v) is 10.2. The summed E-state index contributed by atoms with van der Waals surface area (Å²) < 4.78 is 40.5. The van der Waals surface area contributed by atoms with Crippen molar-refractivity contribution in [1.82, 2.24) is 30.2 Å². The molecule has 0 spiro atoms. The second-order valence-electron chi connectivity index (χ2n) is 15.7. The highest BCUT2D eigenvalue weighted by Gasteiger charge is 2.63. The lowest BCUT2D eigenvalue weighted by Gasteiger charge is -2.27. The van der Waals surface area contributed by atoms with Crippen LogP contribution in [-0.2, 0) is 19.6 Å². The van der Waals surface area contributed by atoms with E-state index in [2.05, 4.69) is 29.2 Å². The summed E-state index contributed by atoms with van der Waals surface area (Å²) in [6.45, 7) is 4.61. The standard InChI is InChI=1S/C39H49ClN6O7S2/c1-23(2)29-22-54-35(42-29)28-19-31(26-12-13-30(52-4)32(40)33(26)41-28)53-18-14-27-34(47)44-39(21-25(39)9-7-5-6-8-17-46(3)37(49)43-27)36(48)45-55(50,51)38(15-16-38)20-24-10-11-24/h7,9,12-13,19,22-25,27H,5-6,8,10-11,14-18,20-21H2,1-4H3,(H,43,49)(H,44,47)(H,45,48)/b9-7-/t25?,27?,39-/m1/s1. The van der Waals surface area contributed by atoms with Crippen molar-refractivity contribution in [3.8, 4) is 22.2 Å². The van der Waals surface area contributed by atoms with E-state index in [9.17, 15) is 22.8 Å². The number of nitrogens with one attached hydrogen (secondary N) is 3. The highest BCUT2D eigenvalue weighted by atomic mass is 35.5. The Hall–Kier alpha value is -3.95. The molecule has 7 rings (SSSR count). The number of aromatic nitrogens is 2. The number of hydrogen-bond acceptors (Lipinski definition) is 10. The van der Waals surface area contributed by atoms with Crippen molar-refractivity contribution in [2.75, 3.05) is 27.3 Å². The number of urea groups is 1. The summed E-state index contributed by atoms with van der Waals surface area (Å²) in [5.41, 5.74) is 0.483. The second kappa shape index (κ2) is 15.5. The summed E-state index contributed by atoms with van der Waals surface area (Å²) in [6.07, 6.45) is 10.0. The van der Waals surface area contributed by atoms with E-state index in [1.54, 1.807) is 25.2 Å². The van der Waals surface area contributed by atoms with E-state index in [1.807, 2.05) is 17.5 Å². The van der Waals surface area contributed by atoms with Crippen LogP contribution in [0.1, 0.15) is 89.7 Å². The molecule has 1 aliphatic heterocycles. The molecule has 3 aliphatic carbocycles. The zero-order valence-electron chi connectivity index (χ0n) is 31.7. The number of pyridine rings is 1. The molecule has 0 bridgehead atoms. The highest BCUT2D eigenvalue weighted by molar-refractivity contribution is 7.91. The fourth-order valence-electron chi connectivity index (χ4n) is 7.23. The van der Waals surface area contributed by atoms with Gasteiger partial charge in [0.2, 0.25) is 15.9 Å². The molecule has 3 N–H and O–H groups in total. The number of fused-ring (bicyclic) bond motifs is 2. The van der Waals surface area contributed by atoms with Gasteiger partial charge in [0.05, 0.1) is 29.7 Å². The maximum absolute atomic E-state index is 14.2. The monoisotopic (exact) mass is 812 g/mol. The van der Waals surface area contributed by atoms with Crippen LogP contribution in [0.25, 0.3) is 21.6 Å². The van der Waals surface area contributed by atoms with Crippen molar-refractivity contribution in [2.45, 2.75) is 100 Å². The SMILES string of the molecule is COc1ccc2c(OCCC3NC(=O)N(C)CCCC/C=C\C4C[C@@]4(C(=O)NS(=O)(=O)C4(CC5CC5)CC4)NC3=O)cc(-c3nc(C(C)C)cs3)nc2c1Cl. The Balaban J connectivity index is 1.14. The number of halogens is 1. The average molecular weight is 813 g/mol. The number of sulfonamides is 1. The van der Waals surface area contributed by atoms with Gasteiger partial charge >= 0.3 is 6.03 Å². The van der Waals surface area contributed by atoms with E-state index in [-0.39, 0.29) is 25.4 Å². The van der Waals surface area contributed by atoms with Crippen LogP contribution in [0.4, 0.5) is 4.79 Å². The van der Waals surface area contributed by atoms with E-state index in [1.165, 1.54) is 23.3 Å². The highest BCUT2D eigenvalue weighted by Crippen LogP contribution is 2.53. The molecule has 296 valence electrons. The Labute approximate surface area is 331 Å². The summed E-state index contributed by atoms with van der Waals surface area (Å²) in [7, 11) is -0.773. The van der Waals surface area contributed by atoms with Crippen LogP contribution in [0, 0.1) is 11.8 Å². The third-order valence-corrected chi connectivity index (χ3v) is 14.7. The van der Waals surface area contributed by atoms with Crippen molar-refractivity contribution >= 4 is 61.7 Å². The lowest BCUT2D eigenvalue weighted by atomic mass is 10.1. The van der Waals surface area contributed by atoms with Gasteiger partial charge in [-0.15, -0.1) is 11.3 Å². The number of benzene rings is 1. The van der Waals surface area contributed by atoms with E-state index >= 15 is 0 Å². The zero-order valence-corrected chi connectivity index (χ0v) is 34.0. The third-order valence-electron chi connectivity index (χ3n) is 11.2. The number of hydrogen-bond donors (Lipinski definition) is 3. The van der Waals surface area contributed by atoms with Gasteiger partial charge in [-0.1, -0.05) is 50.4 Å². The summed E-state index contributed by atoms with van der Waals surface area (Å²) in [4.78, 5) is 52.6. The third kappa shape index (κ3) is 8.29. The summed E-state index contributed by atoms with van der Waals surface area (Å²) >= 11 is 8.21. The summed E-state index contributed by atoms with van der Waals surface area (Å²) in [5, 5.41) is 9.35. The van der Waals surface area contributed by atoms with Crippen molar-refractivity contribution in [1.29, 1.82) is 0 Å². The largest absolute Gasteiger partial charge is 0.495 e. The zero-order chi connectivity index (χ0) is 39.1. The Bertz CT molecular complexity index is 2120. The van der Waals surface area contributed by atoms with Crippen LogP contribution in [0.15, 0.2) is 35.7 Å². The Morgan fingerprint density at radius 3 is 2.64 bits per heavy atom. The molecule has 0 radical (unpaired) electrons. The first kappa shape index (κ1) is 39.3. The number of carbonyl (C=O) groups excluding carboxylic acids is 3. The Kier molecular flexibility index (Phi) is 11.1. The fraction of sp³-hybridized carbons (Fsp3) is 0.564. The molecule has 2 aromatic heterocycles. The molecule has 4 aliphatic rings. The molecule has 16 heteroatoms. The molecule has 3 fully saturated rings. The number of allylic oxidation sites excluding steroid dienone is 1. The van der Waals surface area contributed by atoms with Crippen LogP contribution in [0.2, 0.25) is 5.02 Å². The molecule has 3 aromatic rings. The minimum absolute atomic E-state index is 0.0139. The minimum Gasteiger partial charge on any atom is -0.495 e. The lowest BCUT2D eigenvalue weighted by molar-refractivity contribution is -0.130. The lowest BCUT2D eigenvalue weighted by Crippen LogP contribution is -2.58. The topological polar surface area (TPSA) is 169 Å². The number of methoxy groups -OCH3 is 1. The predicted molar refractivity (Wildman–Crippen MR) is 212 cm³/mol. The summed E-state index contributed by atoms with van der Waals surface area (Å²) in [6, 6.07) is 3.74. The van der Waals surface area contributed by atoms with Crippen LogP contribution in [0.3, 0.4) is 0 Å². The smallest absolute Gasteiger partial charge is 0.317 e. The van der Waals surface area contributed by atoms with Crippen LogP contribution in [0.5, 0.6) is 11.5 Å². The number of amides is 4. The maximum Gasteiger partial charge on any atom is 0.317 e. The number of ether oxygens (including phenoxy) is 2. The molecule has 4 amide bonds. The van der Waals surface area contributed by atoms with E-state index in [0.717, 1.165) is 37.8 Å². The van der Waals surface area contributed by atoms with Gasteiger partial charge in [0.15, 0.2) is 0 Å². The second-order valence-corrected chi connectivity index (χ2v) is 19.0. The number of nitrogens with zero attached hydrogens (tertiary/aromatic N) is 3. The van der Waals surface area contributed by atoms with Crippen LogP contribution in [-0.4, -0.2) is 84.8 Å². The van der Waals surface area contributed by atoms with E-state index < -0.39 is 50.1 Å². The van der Waals surface area contributed by atoms with Gasteiger partial charge in [-0.25, -0.2) is 23.2 Å². The number of carbonyl (C=O) groups is 3. The molecule has 13 nitrogen and oxygen atoms in total. The van der Waals surface area contributed by atoms with Gasteiger partial charge in [-0.05, 0) is 68.9 Å². The van der Waals surface area contributed by atoms with Crippen molar-refractivity contribution < 1.29 is 32.3 Å². The van der Waals surface area contributed by atoms with E-state index in [4.69, 9.17) is 31.0 Å². The molecule has 0 saturated heterocycles. The van der Waals surface area contributed by atoms with Crippen molar-refractivity contribution in [3.63, 3.8) is 0 Å². The van der Waals surface area contributed by atoms with Crippen molar-refractivity contribution in [2.24, 2.45) is 11.8 Å². The van der Waals surface area contributed by atoms with Gasteiger partial charge in [-0.2, -0.15) is 0 Å². The number of rotatable bonds is 12. The molecular weight excluding hydrogens is 764 g/mol. The Morgan fingerprint density at radius 2 is 1.95 bits per heavy atom. The normalized spacial score (nSPS) is 24.7. The van der Waals surface area contributed by atoms with Crippen LogP contribution < -0.4 is 24.8 Å². The number of thiazole rings is 1.